The topological polar surface area (TPSA) is 41.6 Å². The van der Waals surface area contributed by atoms with Crippen molar-refractivity contribution in [3.05, 3.63) is 89.0 Å². The van der Waals surface area contributed by atoms with Gasteiger partial charge in [0.1, 0.15) is 12.4 Å². The van der Waals surface area contributed by atoms with Crippen LogP contribution in [0.2, 0.25) is 0 Å². The summed E-state index contributed by atoms with van der Waals surface area (Å²) in [5.74, 6) is 0.781. The molecule has 0 saturated heterocycles. The maximum absolute atomic E-state index is 13.4. The molecule has 4 nitrogen and oxygen atoms in total. The molecule has 0 fully saturated rings. The molecule has 0 aromatic heterocycles. The van der Waals surface area contributed by atoms with Gasteiger partial charge in [-0.2, -0.15) is 0 Å². The summed E-state index contributed by atoms with van der Waals surface area (Å²) in [4.78, 5) is 15.3. The van der Waals surface area contributed by atoms with Crippen molar-refractivity contribution in [2.24, 2.45) is 0 Å². The molecule has 1 aliphatic rings. The van der Waals surface area contributed by atoms with E-state index in [0.29, 0.717) is 18.7 Å². The number of fused-ring (bicyclic) bond motifs is 1. The maximum atomic E-state index is 13.4. The minimum Gasteiger partial charge on any atom is -0.489 e. The summed E-state index contributed by atoms with van der Waals surface area (Å²) in [5.41, 5.74) is 6.19. The molecule has 0 radical (unpaired) electrons. The number of nitrogens with one attached hydrogen (secondary N) is 1. The Morgan fingerprint density at radius 1 is 1.03 bits per heavy atom. The first kappa shape index (κ1) is 20.0. The number of hydrogen-bond acceptors (Lipinski definition) is 3. The fraction of sp³-hybridized carbons (Fsp3) is 0.269. The zero-order valence-corrected chi connectivity index (χ0v) is 17.8. The second kappa shape index (κ2) is 8.62. The van der Waals surface area contributed by atoms with E-state index in [1.165, 1.54) is 11.1 Å². The number of benzene rings is 3. The third-order valence-corrected chi connectivity index (χ3v) is 5.75. The SMILES string of the molecule is CCC1CN(C(=O)c2ccc(OCc3ccccc3)cc2)c2cc(C)c(C)cc2N1. The molecule has 1 amide bonds. The molecule has 1 atom stereocenters. The van der Waals surface area contributed by atoms with E-state index in [0.717, 1.165) is 29.1 Å². The molecular formula is C26H28N2O2. The average Bonchev–Trinajstić information content (AvgIpc) is 2.78. The molecule has 0 aliphatic carbocycles. The van der Waals surface area contributed by atoms with Gasteiger partial charge in [0.05, 0.1) is 11.4 Å². The van der Waals surface area contributed by atoms with E-state index >= 15 is 0 Å². The molecule has 0 spiro atoms. The predicted molar refractivity (Wildman–Crippen MR) is 123 cm³/mol. The van der Waals surface area contributed by atoms with Crippen LogP contribution < -0.4 is 15.0 Å². The highest BCUT2D eigenvalue weighted by molar-refractivity contribution is 6.08. The van der Waals surface area contributed by atoms with Gasteiger partial charge in [-0.3, -0.25) is 4.79 Å². The second-order valence-electron chi connectivity index (χ2n) is 7.92. The monoisotopic (exact) mass is 400 g/mol. The van der Waals surface area contributed by atoms with Crippen molar-refractivity contribution in [1.29, 1.82) is 0 Å². The van der Waals surface area contributed by atoms with Crippen LogP contribution in [0.5, 0.6) is 5.75 Å². The van der Waals surface area contributed by atoms with E-state index < -0.39 is 0 Å². The van der Waals surface area contributed by atoms with Gasteiger partial charge in [0.25, 0.3) is 5.91 Å². The number of aryl methyl sites for hydroxylation is 2. The van der Waals surface area contributed by atoms with Crippen molar-refractivity contribution < 1.29 is 9.53 Å². The highest BCUT2D eigenvalue weighted by Gasteiger charge is 2.28. The fourth-order valence-electron chi connectivity index (χ4n) is 3.74. The van der Waals surface area contributed by atoms with E-state index in [-0.39, 0.29) is 11.9 Å². The molecular weight excluding hydrogens is 372 g/mol. The normalized spacial score (nSPS) is 15.3. The quantitative estimate of drug-likeness (QED) is 0.594. The van der Waals surface area contributed by atoms with E-state index in [4.69, 9.17) is 4.74 Å². The van der Waals surface area contributed by atoms with Crippen LogP contribution in [0.4, 0.5) is 11.4 Å². The summed E-state index contributed by atoms with van der Waals surface area (Å²) >= 11 is 0. The first-order valence-electron chi connectivity index (χ1n) is 10.5. The number of hydrogen-bond donors (Lipinski definition) is 1. The number of carbonyl (C=O) groups excluding carboxylic acids is 1. The third kappa shape index (κ3) is 4.18. The molecule has 0 saturated carbocycles. The molecule has 4 rings (SSSR count). The summed E-state index contributed by atoms with van der Waals surface area (Å²) in [5, 5.41) is 3.58. The van der Waals surface area contributed by atoms with E-state index in [1.807, 2.05) is 59.5 Å². The van der Waals surface area contributed by atoms with Crippen LogP contribution in [-0.4, -0.2) is 18.5 Å². The summed E-state index contributed by atoms with van der Waals surface area (Å²) in [7, 11) is 0. The molecule has 3 aromatic carbocycles. The van der Waals surface area contributed by atoms with Crippen molar-refractivity contribution in [3.63, 3.8) is 0 Å². The lowest BCUT2D eigenvalue weighted by Gasteiger charge is -2.36. The van der Waals surface area contributed by atoms with Gasteiger partial charge < -0.3 is 15.0 Å². The number of ether oxygens (including phenoxy) is 1. The Balaban J connectivity index is 1.53. The number of carbonyl (C=O) groups is 1. The molecule has 1 heterocycles. The van der Waals surface area contributed by atoms with Crippen LogP contribution in [-0.2, 0) is 6.61 Å². The Hall–Kier alpha value is -3.27. The number of rotatable bonds is 5. The number of anilines is 2. The Labute approximate surface area is 178 Å². The number of nitrogens with zero attached hydrogens (tertiary/aromatic N) is 1. The average molecular weight is 401 g/mol. The smallest absolute Gasteiger partial charge is 0.258 e. The van der Waals surface area contributed by atoms with Crippen LogP contribution in [0.15, 0.2) is 66.7 Å². The van der Waals surface area contributed by atoms with Crippen molar-refractivity contribution in [2.45, 2.75) is 39.8 Å². The van der Waals surface area contributed by atoms with Crippen LogP contribution in [0.25, 0.3) is 0 Å². The van der Waals surface area contributed by atoms with Gasteiger partial charge in [-0.1, -0.05) is 37.3 Å². The van der Waals surface area contributed by atoms with Gasteiger partial charge in [0.2, 0.25) is 0 Å². The maximum Gasteiger partial charge on any atom is 0.258 e. The fourth-order valence-corrected chi connectivity index (χ4v) is 3.74. The number of amides is 1. The lowest BCUT2D eigenvalue weighted by molar-refractivity contribution is 0.0984. The summed E-state index contributed by atoms with van der Waals surface area (Å²) in [6.45, 7) is 7.51. The van der Waals surface area contributed by atoms with Gasteiger partial charge in [-0.25, -0.2) is 0 Å². The Morgan fingerprint density at radius 2 is 1.73 bits per heavy atom. The van der Waals surface area contributed by atoms with Crippen molar-refractivity contribution in [1.82, 2.24) is 0 Å². The zero-order chi connectivity index (χ0) is 21.1. The highest BCUT2D eigenvalue weighted by Crippen LogP contribution is 2.35. The van der Waals surface area contributed by atoms with Crippen molar-refractivity contribution in [3.8, 4) is 5.75 Å². The largest absolute Gasteiger partial charge is 0.489 e. The lowest BCUT2D eigenvalue weighted by atomic mass is 10.0. The summed E-state index contributed by atoms with van der Waals surface area (Å²) < 4.78 is 5.86. The molecule has 154 valence electrons. The van der Waals surface area contributed by atoms with Gasteiger partial charge in [0.15, 0.2) is 0 Å². The van der Waals surface area contributed by atoms with Gasteiger partial charge in [-0.15, -0.1) is 0 Å². The second-order valence-corrected chi connectivity index (χ2v) is 7.92. The van der Waals surface area contributed by atoms with Crippen LogP contribution in [0.1, 0.15) is 40.4 Å². The Morgan fingerprint density at radius 3 is 2.43 bits per heavy atom. The van der Waals surface area contributed by atoms with Gasteiger partial charge in [0, 0.05) is 18.2 Å². The molecule has 3 aromatic rings. The molecule has 1 N–H and O–H groups in total. The van der Waals surface area contributed by atoms with Crippen molar-refractivity contribution in [2.75, 3.05) is 16.8 Å². The molecule has 0 bridgehead atoms. The minimum atomic E-state index is 0.0223. The first-order chi connectivity index (χ1) is 14.5. The lowest BCUT2D eigenvalue weighted by Crippen LogP contribution is -2.44. The highest BCUT2D eigenvalue weighted by atomic mass is 16.5. The summed E-state index contributed by atoms with van der Waals surface area (Å²) in [6, 6.07) is 22.0. The minimum absolute atomic E-state index is 0.0223. The van der Waals surface area contributed by atoms with Gasteiger partial charge in [-0.05, 0) is 73.4 Å². The Kier molecular flexibility index (Phi) is 5.75. The van der Waals surface area contributed by atoms with Gasteiger partial charge >= 0.3 is 0 Å². The molecule has 30 heavy (non-hydrogen) atoms. The van der Waals surface area contributed by atoms with E-state index in [1.54, 1.807) is 0 Å². The van der Waals surface area contributed by atoms with E-state index in [9.17, 15) is 4.79 Å². The summed E-state index contributed by atoms with van der Waals surface area (Å²) in [6.07, 6.45) is 0.961. The predicted octanol–water partition coefficient (Wildman–Crippen LogP) is 5.73. The first-order valence-corrected chi connectivity index (χ1v) is 10.5. The van der Waals surface area contributed by atoms with Crippen LogP contribution >= 0.6 is 0 Å². The van der Waals surface area contributed by atoms with Crippen molar-refractivity contribution >= 4 is 17.3 Å². The third-order valence-electron chi connectivity index (χ3n) is 5.75. The molecule has 4 heteroatoms. The molecule has 1 unspecified atom stereocenters. The molecule has 1 aliphatic heterocycles. The Bertz CT molecular complexity index is 1030. The standard InChI is InChI=1S/C26H28N2O2/c1-4-22-16-28(25-15-19(3)18(2)14-24(25)27-22)26(29)21-10-12-23(13-11-21)30-17-20-8-6-5-7-9-20/h5-15,22,27H,4,16-17H2,1-3H3. The van der Waals surface area contributed by atoms with Crippen LogP contribution in [0, 0.1) is 13.8 Å². The van der Waals surface area contributed by atoms with Crippen LogP contribution in [0.3, 0.4) is 0 Å². The van der Waals surface area contributed by atoms with E-state index in [2.05, 4.69) is 38.2 Å². The zero-order valence-electron chi connectivity index (χ0n) is 17.8.